The van der Waals surface area contributed by atoms with Crippen LogP contribution in [0.25, 0.3) is 11.3 Å². The molecule has 4 rings (SSSR count). The van der Waals surface area contributed by atoms with Gasteiger partial charge >= 0.3 is 0 Å². The van der Waals surface area contributed by atoms with Crippen LogP contribution in [0.5, 0.6) is 5.75 Å². The number of amides is 2. The molecule has 2 aromatic carbocycles. The van der Waals surface area contributed by atoms with Crippen LogP contribution in [0.2, 0.25) is 10.0 Å². The number of hydrogen-bond acceptors (Lipinski definition) is 5. The van der Waals surface area contributed by atoms with Gasteiger partial charge in [-0.2, -0.15) is 0 Å². The highest BCUT2D eigenvalue weighted by Crippen LogP contribution is 2.40. The van der Waals surface area contributed by atoms with Crippen molar-refractivity contribution in [3.05, 3.63) is 56.3 Å². The summed E-state index contributed by atoms with van der Waals surface area (Å²) >= 11 is 13.7. The van der Waals surface area contributed by atoms with E-state index in [1.807, 2.05) is 32.0 Å². The highest BCUT2D eigenvalue weighted by molar-refractivity contribution is 7.11. The second kappa shape index (κ2) is 8.73. The van der Waals surface area contributed by atoms with Crippen LogP contribution in [-0.4, -0.2) is 28.9 Å². The van der Waals surface area contributed by atoms with Gasteiger partial charge < -0.3 is 10.1 Å². The third-order valence-corrected chi connectivity index (χ3v) is 6.50. The molecule has 2 atom stereocenters. The van der Waals surface area contributed by atoms with Crippen molar-refractivity contribution in [3.63, 3.8) is 0 Å². The predicted molar refractivity (Wildman–Crippen MR) is 129 cm³/mol. The average molecular weight is 490 g/mol. The van der Waals surface area contributed by atoms with E-state index in [1.165, 1.54) is 4.90 Å². The minimum absolute atomic E-state index is 0.299. The zero-order valence-corrected chi connectivity index (χ0v) is 20.2. The van der Waals surface area contributed by atoms with Gasteiger partial charge in [0.15, 0.2) is 6.10 Å². The molecule has 9 heteroatoms. The molecule has 2 unspecified atom stereocenters. The molecule has 1 aliphatic rings. The van der Waals surface area contributed by atoms with Crippen molar-refractivity contribution in [1.82, 2.24) is 4.98 Å². The molecule has 0 saturated heterocycles. The van der Waals surface area contributed by atoms with E-state index in [9.17, 15) is 9.59 Å². The number of aromatic nitrogens is 1. The Kier molecular flexibility index (Phi) is 6.16. The minimum atomic E-state index is -0.807. The summed E-state index contributed by atoms with van der Waals surface area (Å²) in [6.45, 7) is 7.30. The van der Waals surface area contributed by atoms with E-state index in [0.717, 1.165) is 21.1 Å². The lowest BCUT2D eigenvalue weighted by Gasteiger charge is -2.36. The standard InChI is InChI=1S/C23H21Cl2N3O3S/c1-11(22(29)27-18-9-16(24)8-17(25)10-18)28-19-7-15(21-13(3)32-14(4)26-21)5-6-20(19)31-12(2)23(28)30/h5-12H,1-4H3,(H,27,29). The Morgan fingerprint density at radius 1 is 1.19 bits per heavy atom. The van der Waals surface area contributed by atoms with Gasteiger partial charge in [0.1, 0.15) is 11.8 Å². The first-order valence-electron chi connectivity index (χ1n) is 9.99. The summed E-state index contributed by atoms with van der Waals surface area (Å²) < 4.78 is 5.80. The second-order valence-electron chi connectivity index (χ2n) is 7.61. The first-order valence-corrected chi connectivity index (χ1v) is 11.6. The number of hydrogen-bond donors (Lipinski definition) is 1. The van der Waals surface area contributed by atoms with Crippen molar-refractivity contribution in [1.29, 1.82) is 0 Å². The van der Waals surface area contributed by atoms with E-state index >= 15 is 0 Å². The molecule has 2 heterocycles. The summed E-state index contributed by atoms with van der Waals surface area (Å²) in [7, 11) is 0. The highest BCUT2D eigenvalue weighted by Gasteiger charge is 2.37. The molecular weight excluding hydrogens is 469 g/mol. The molecular formula is C23H21Cl2N3O3S. The topological polar surface area (TPSA) is 71.5 Å². The van der Waals surface area contributed by atoms with Crippen LogP contribution < -0.4 is 15.0 Å². The lowest BCUT2D eigenvalue weighted by atomic mass is 10.1. The molecule has 2 amide bonds. The first-order chi connectivity index (χ1) is 15.1. The Hall–Kier alpha value is -2.61. The maximum Gasteiger partial charge on any atom is 0.268 e. The number of fused-ring (bicyclic) bond motifs is 1. The van der Waals surface area contributed by atoms with E-state index < -0.39 is 12.1 Å². The van der Waals surface area contributed by atoms with Gasteiger partial charge in [0.2, 0.25) is 5.91 Å². The molecule has 32 heavy (non-hydrogen) atoms. The molecule has 0 aliphatic carbocycles. The Bertz CT molecular complexity index is 1210. The van der Waals surface area contributed by atoms with Crippen LogP contribution in [0, 0.1) is 13.8 Å². The van der Waals surface area contributed by atoms with Crippen LogP contribution in [-0.2, 0) is 9.59 Å². The number of benzene rings is 2. The zero-order chi connectivity index (χ0) is 23.2. The molecule has 0 bridgehead atoms. The number of nitrogens with one attached hydrogen (secondary N) is 1. The summed E-state index contributed by atoms with van der Waals surface area (Å²) in [6, 6.07) is 9.55. The summed E-state index contributed by atoms with van der Waals surface area (Å²) in [5.74, 6) is -0.133. The molecule has 0 fully saturated rings. The number of anilines is 2. The number of rotatable bonds is 4. The van der Waals surface area contributed by atoms with Crippen molar-refractivity contribution in [2.75, 3.05) is 10.2 Å². The largest absolute Gasteiger partial charge is 0.479 e. The quantitative estimate of drug-likeness (QED) is 0.496. The fraction of sp³-hybridized carbons (Fsp3) is 0.261. The van der Waals surface area contributed by atoms with Crippen molar-refractivity contribution in [2.45, 2.75) is 39.8 Å². The number of carbonyl (C=O) groups is 2. The fourth-order valence-corrected chi connectivity index (χ4v) is 5.06. The van der Waals surface area contributed by atoms with Crippen molar-refractivity contribution >= 4 is 57.7 Å². The van der Waals surface area contributed by atoms with Gasteiger partial charge in [-0.3, -0.25) is 14.5 Å². The number of carbonyl (C=O) groups excluding carboxylic acids is 2. The monoisotopic (exact) mass is 489 g/mol. The SMILES string of the molecule is Cc1nc(-c2ccc3c(c2)N(C(C)C(=O)Nc2cc(Cl)cc(Cl)c2)C(=O)C(C)O3)c(C)s1. The molecule has 6 nitrogen and oxygen atoms in total. The van der Waals surface area contributed by atoms with Crippen LogP contribution in [0.4, 0.5) is 11.4 Å². The molecule has 166 valence electrons. The van der Waals surface area contributed by atoms with Crippen molar-refractivity contribution < 1.29 is 14.3 Å². The Morgan fingerprint density at radius 3 is 2.50 bits per heavy atom. The van der Waals surface area contributed by atoms with Crippen LogP contribution in [0.3, 0.4) is 0 Å². The van der Waals surface area contributed by atoms with Gasteiger partial charge in [-0.15, -0.1) is 11.3 Å². The Morgan fingerprint density at radius 2 is 1.88 bits per heavy atom. The Balaban J connectivity index is 1.70. The van der Waals surface area contributed by atoms with Gasteiger partial charge in [0.05, 0.1) is 16.4 Å². The smallest absolute Gasteiger partial charge is 0.268 e. The third kappa shape index (κ3) is 4.33. The molecule has 0 radical (unpaired) electrons. The van der Waals surface area contributed by atoms with E-state index in [-0.39, 0.29) is 11.8 Å². The van der Waals surface area contributed by atoms with E-state index in [0.29, 0.717) is 27.2 Å². The van der Waals surface area contributed by atoms with Gasteiger partial charge in [0, 0.05) is 26.2 Å². The average Bonchev–Trinajstić information content (AvgIpc) is 3.05. The highest BCUT2D eigenvalue weighted by atomic mass is 35.5. The number of halogens is 2. The maximum atomic E-state index is 13.1. The number of thiazole rings is 1. The second-order valence-corrected chi connectivity index (χ2v) is 9.89. The molecule has 1 aromatic heterocycles. The van der Waals surface area contributed by atoms with Crippen LogP contribution in [0.1, 0.15) is 23.7 Å². The van der Waals surface area contributed by atoms with Crippen LogP contribution in [0.15, 0.2) is 36.4 Å². The van der Waals surface area contributed by atoms with Gasteiger partial charge in [-0.05, 0) is 64.1 Å². The molecule has 0 saturated carbocycles. The predicted octanol–water partition coefficient (Wildman–Crippen LogP) is 5.87. The minimum Gasteiger partial charge on any atom is -0.479 e. The van der Waals surface area contributed by atoms with Crippen molar-refractivity contribution in [3.8, 4) is 17.0 Å². The first kappa shape index (κ1) is 22.6. The molecule has 1 aliphatic heterocycles. The molecule has 3 aromatic rings. The lowest BCUT2D eigenvalue weighted by molar-refractivity contribution is -0.128. The summed E-state index contributed by atoms with van der Waals surface area (Å²) in [5.41, 5.74) is 2.70. The molecule has 0 spiro atoms. The lowest BCUT2D eigenvalue weighted by Crippen LogP contribution is -2.52. The normalized spacial score (nSPS) is 16.4. The summed E-state index contributed by atoms with van der Waals surface area (Å²) in [6.07, 6.45) is -0.715. The van der Waals surface area contributed by atoms with Gasteiger partial charge in [-0.25, -0.2) is 4.98 Å². The Labute approximate surface area is 200 Å². The third-order valence-electron chi connectivity index (χ3n) is 5.18. The van der Waals surface area contributed by atoms with Crippen LogP contribution >= 0.6 is 34.5 Å². The zero-order valence-electron chi connectivity index (χ0n) is 17.9. The number of nitrogens with zero attached hydrogens (tertiary/aromatic N) is 2. The van der Waals surface area contributed by atoms with E-state index in [4.69, 9.17) is 27.9 Å². The van der Waals surface area contributed by atoms with Crippen molar-refractivity contribution in [2.24, 2.45) is 0 Å². The van der Waals surface area contributed by atoms with E-state index in [2.05, 4.69) is 10.3 Å². The summed E-state index contributed by atoms with van der Waals surface area (Å²) in [4.78, 5) is 33.3. The maximum absolute atomic E-state index is 13.1. The van der Waals surface area contributed by atoms with Gasteiger partial charge in [0.25, 0.3) is 5.91 Å². The summed E-state index contributed by atoms with van der Waals surface area (Å²) in [5, 5.41) is 4.56. The number of ether oxygens (including phenoxy) is 1. The number of aryl methyl sites for hydroxylation is 2. The molecule has 1 N–H and O–H groups in total. The fourth-order valence-electron chi connectivity index (χ4n) is 3.69. The van der Waals surface area contributed by atoms with Gasteiger partial charge in [-0.1, -0.05) is 23.2 Å². The van der Waals surface area contributed by atoms with E-state index in [1.54, 1.807) is 43.4 Å².